The van der Waals surface area contributed by atoms with Gasteiger partial charge in [-0.25, -0.2) is 4.98 Å². The maximum Gasteiger partial charge on any atom is 0.276 e. The van der Waals surface area contributed by atoms with Crippen molar-refractivity contribution in [2.45, 2.75) is 0 Å². The highest BCUT2D eigenvalue weighted by Gasteiger charge is 2.10. The molecule has 3 rings (SSSR count). The lowest BCUT2D eigenvalue weighted by Crippen LogP contribution is -2.20. The number of benzene rings is 2. The van der Waals surface area contributed by atoms with E-state index < -0.39 is 5.56 Å². The first-order valence-electron chi connectivity index (χ1n) is 6.52. The number of fused-ring (bicyclic) bond motifs is 1. The summed E-state index contributed by atoms with van der Waals surface area (Å²) in [6.07, 6.45) is 1.79. The Kier molecular flexibility index (Phi) is 3.38. The van der Waals surface area contributed by atoms with Crippen molar-refractivity contribution in [1.29, 1.82) is 5.26 Å². The Hall–Kier alpha value is -3.46. The molecule has 2 aromatic carbocycles. The molecule has 6 heteroatoms. The molecule has 22 heavy (non-hydrogen) atoms. The predicted molar refractivity (Wildman–Crippen MR) is 83.8 cm³/mol. The number of aromatic nitrogens is 2. The van der Waals surface area contributed by atoms with Crippen LogP contribution in [0, 0.1) is 11.5 Å². The molecule has 0 saturated carbocycles. The quantitative estimate of drug-likeness (QED) is 0.574. The van der Waals surface area contributed by atoms with Crippen molar-refractivity contribution < 1.29 is 0 Å². The van der Waals surface area contributed by atoms with Crippen molar-refractivity contribution >= 4 is 22.7 Å². The van der Waals surface area contributed by atoms with Gasteiger partial charge in [0.1, 0.15) is 5.84 Å². The van der Waals surface area contributed by atoms with Gasteiger partial charge < -0.3 is 5.73 Å². The Balaban J connectivity index is 2.23. The highest BCUT2D eigenvalue weighted by atomic mass is 16.1. The molecule has 0 spiro atoms. The van der Waals surface area contributed by atoms with E-state index in [1.165, 1.54) is 0 Å². The van der Waals surface area contributed by atoms with Crippen LogP contribution in [0.3, 0.4) is 0 Å². The highest BCUT2D eigenvalue weighted by Crippen LogP contribution is 2.13. The van der Waals surface area contributed by atoms with Gasteiger partial charge in [-0.15, -0.1) is 0 Å². The highest BCUT2D eigenvalue weighted by molar-refractivity contribution is 5.98. The molecule has 0 saturated heterocycles. The summed E-state index contributed by atoms with van der Waals surface area (Å²) in [5.41, 5.74) is 6.63. The van der Waals surface area contributed by atoms with E-state index >= 15 is 0 Å². The lowest BCUT2D eigenvalue weighted by Gasteiger charge is -2.04. The van der Waals surface area contributed by atoms with Crippen molar-refractivity contribution in [2.75, 3.05) is 0 Å². The van der Waals surface area contributed by atoms with Crippen LogP contribution in [0.2, 0.25) is 0 Å². The zero-order valence-electron chi connectivity index (χ0n) is 11.5. The van der Waals surface area contributed by atoms with E-state index in [2.05, 4.69) is 9.98 Å². The molecule has 0 aliphatic carbocycles. The number of rotatable bonds is 2. The van der Waals surface area contributed by atoms with Crippen LogP contribution in [0.5, 0.6) is 0 Å². The van der Waals surface area contributed by atoms with E-state index in [1.54, 1.807) is 42.6 Å². The summed E-state index contributed by atoms with van der Waals surface area (Å²) in [6.45, 7) is 0. The molecular weight excluding hydrogens is 278 g/mol. The number of para-hydroxylation sites is 1. The summed E-state index contributed by atoms with van der Waals surface area (Å²) >= 11 is 0. The van der Waals surface area contributed by atoms with Gasteiger partial charge in [0.25, 0.3) is 5.56 Å². The van der Waals surface area contributed by atoms with E-state index in [0.29, 0.717) is 16.5 Å². The van der Waals surface area contributed by atoms with Gasteiger partial charge >= 0.3 is 0 Å². The smallest absolute Gasteiger partial charge is 0.276 e. The molecule has 1 aromatic heterocycles. The lowest BCUT2D eigenvalue weighted by atomic mass is 10.2. The van der Waals surface area contributed by atoms with Gasteiger partial charge in [-0.05, 0) is 12.1 Å². The van der Waals surface area contributed by atoms with Crippen molar-refractivity contribution in [1.82, 2.24) is 9.55 Å². The SMILES string of the molecule is N#Cn1c(/N=C(\N)c2ccccc2)nc2ccccc2c1=O. The summed E-state index contributed by atoms with van der Waals surface area (Å²) in [6, 6.07) is 15.9. The summed E-state index contributed by atoms with van der Waals surface area (Å²) in [7, 11) is 0. The number of amidine groups is 1. The van der Waals surface area contributed by atoms with Crippen LogP contribution < -0.4 is 11.3 Å². The zero-order valence-corrected chi connectivity index (χ0v) is 11.5. The van der Waals surface area contributed by atoms with Crippen LogP contribution in [0.4, 0.5) is 5.95 Å². The molecule has 0 amide bonds. The molecule has 1 heterocycles. The predicted octanol–water partition coefficient (Wildman–Crippen LogP) is 1.76. The van der Waals surface area contributed by atoms with Gasteiger partial charge in [-0.1, -0.05) is 42.5 Å². The molecule has 6 nitrogen and oxygen atoms in total. The van der Waals surface area contributed by atoms with Gasteiger partial charge in [0.2, 0.25) is 5.95 Å². The third kappa shape index (κ3) is 2.31. The zero-order chi connectivity index (χ0) is 15.5. The van der Waals surface area contributed by atoms with Crippen LogP contribution in [0.15, 0.2) is 64.4 Å². The van der Waals surface area contributed by atoms with Crippen molar-refractivity contribution in [2.24, 2.45) is 10.7 Å². The van der Waals surface area contributed by atoms with E-state index in [-0.39, 0.29) is 11.8 Å². The number of aliphatic imine (C=N–C) groups is 1. The second kappa shape index (κ2) is 5.50. The maximum absolute atomic E-state index is 12.3. The van der Waals surface area contributed by atoms with E-state index in [9.17, 15) is 10.1 Å². The van der Waals surface area contributed by atoms with Crippen molar-refractivity contribution in [3.05, 3.63) is 70.5 Å². The summed E-state index contributed by atoms with van der Waals surface area (Å²) < 4.78 is 0.831. The maximum atomic E-state index is 12.3. The third-order valence-electron chi connectivity index (χ3n) is 3.15. The van der Waals surface area contributed by atoms with Gasteiger partial charge in [0, 0.05) is 5.56 Å². The average molecular weight is 289 g/mol. The number of hydrogen-bond acceptors (Lipinski definition) is 4. The van der Waals surface area contributed by atoms with E-state index in [4.69, 9.17) is 5.73 Å². The Labute approximate surface area is 125 Å². The van der Waals surface area contributed by atoms with Crippen LogP contribution in [0.1, 0.15) is 5.56 Å². The molecule has 3 aromatic rings. The molecule has 0 fully saturated rings. The largest absolute Gasteiger partial charge is 0.383 e. The minimum Gasteiger partial charge on any atom is -0.383 e. The van der Waals surface area contributed by atoms with Crippen molar-refractivity contribution in [3.8, 4) is 6.19 Å². The summed E-state index contributed by atoms with van der Waals surface area (Å²) in [5.74, 6) is 0.152. The van der Waals surface area contributed by atoms with E-state index in [0.717, 1.165) is 4.57 Å². The monoisotopic (exact) mass is 289 g/mol. The fraction of sp³-hybridized carbons (Fsp3) is 0. The molecule has 0 unspecified atom stereocenters. The first kappa shape index (κ1) is 13.5. The molecule has 0 atom stereocenters. The minimum atomic E-state index is -0.465. The second-order valence-electron chi connectivity index (χ2n) is 4.53. The first-order valence-corrected chi connectivity index (χ1v) is 6.52. The first-order chi connectivity index (χ1) is 10.7. The number of nitrogens with zero attached hydrogens (tertiary/aromatic N) is 4. The normalized spacial score (nSPS) is 11.3. The lowest BCUT2D eigenvalue weighted by molar-refractivity contribution is 0.973. The Morgan fingerprint density at radius 1 is 1.14 bits per heavy atom. The van der Waals surface area contributed by atoms with E-state index in [1.807, 2.05) is 18.2 Å². The van der Waals surface area contributed by atoms with Crippen molar-refractivity contribution in [3.63, 3.8) is 0 Å². The molecule has 0 aliphatic rings. The van der Waals surface area contributed by atoms with Gasteiger partial charge in [-0.3, -0.25) is 4.79 Å². The number of nitriles is 1. The molecule has 0 aliphatic heterocycles. The number of nitrogens with two attached hydrogens (primary N) is 1. The third-order valence-corrected chi connectivity index (χ3v) is 3.15. The topological polar surface area (TPSA) is 97.1 Å². The molecule has 0 radical (unpaired) electrons. The second-order valence-corrected chi connectivity index (χ2v) is 4.53. The molecule has 0 bridgehead atoms. The summed E-state index contributed by atoms with van der Waals surface area (Å²) in [5, 5.41) is 9.57. The molecule has 2 N–H and O–H groups in total. The standard InChI is InChI=1S/C16H11N5O/c17-10-21-15(22)12-8-4-5-9-13(12)19-16(21)20-14(18)11-6-2-1-3-7-11/h1-9H,(H2,18,19,20). The fourth-order valence-corrected chi connectivity index (χ4v) is 2.07. The Bertz CT molecular complexity index is 967. The van der Waals surface area contributed by atoms with Crippen LogP contribution in [-0.4, -0.2) is 15.4 Å². The average Bonchev–Trinajstić information content (AvgIpc) is 2.56. The van der Waals surface area contributed by atoms with Gasteiger partial charge in [-0.2, -0.15) is 14.8 Å². The van der Waals surface area contributed by atoms with Gasteiger partial charge in [0.05, 0.1) is 10.9 Å². The van der Waals surface area contributed by atoms with Gasteiger partial charge in [0.15, 0.2) is 6.19 Å². The van der Waals surface area contributed by atoms with Crippen LogP contribution in [0.25, 0.3) is 10.9 Å². The fourth-order valence-electron chi connectivity index (χ4n) is 2.07. The van der Waals surface area contributed by atoms with Crippen LogP contribution in [-0.2, 0) is 0 Å². The Morgan fingerprint density at radius 2 is 1.82 bits per heavy atom. The molecule has 106 valence electrons. The Morgan fingerprint density at radius 3 is 2.55 bits per heavy atom. The number of hydrogen-bond donors (Lipinski definition) is 1. The molecular formula is C16H11N5O. The van der Waals surface area contributed by atoms with Crippen LogP contribution >= 0.6 is 0 Å². The minimum absolute atomic E-state index is 0.0347. The summed E-state index contributed by atoms with van der Waals surface area (Å²) in [4.78, 5) is 20.7.